The average molecular weight is 341 g/mol. The number of carbonyl (C=O) groups excluding carboxylic acids is 1. The summed E-state index contributed by atoms with van der Waals surface area (Å²) < 4.78 is 11.6. The molecule has 0 aromatic heterocycles. The van der Waals surface area contributed by atoms with E-state index in [1.165, 1.54) is 0 Å². The smallest absolute Gasteiger partial charge is 0.261 e. The first-order valence-electron chi connectivity index (χ1n) is 8.71. The zero-order valence-electron chi connectivity index (χ0n) is 15.4. The van der Waals surface area contributed by atoms with E-state index in [1.54, 1.807) is 0 Å². The van der Waals surface area contributed by atoms with Crippen molar-refractivity contribution in [3.63, 3.8) is 0 Å². The Hall–Kier alpha value is -2.49. The maximum atomic E-state index is 12.5. The van der Waals surface area contributed by atoms with Crippen molar-refractivity contribution in [1.29, 1.82) is 0 Å². The molecule has 0 unspecified atom stereocenters. The maximum Gasteiger partial charge on any atom is 0.261 e. The number of rotatable bonds is 8. The molecule has 1 amide bonds. The van der Waals surface area contributed by atoms with Crippen molar-refractivity contribution in [2.45, 2.75) is 46.3 Å². The molecule has 134 valence electrons. The first-order valence-corrected chi connectivity index (χ1v) is 8.71. The predicted octanol–water partition coefficient (Wildman–Crippen LogP) is 4.04. The molecule has 2 rings (SSSR count). The number of benzene rings is 2. The molecule has 0 saturated heterocycles. The number of para-hydroxylation sites is 1. The van der Waals surface area contributed by atoms with E-state index in [1.807, 2.05) is 76.2 Å². The van der Waals surface area contributed by atoms with E-state index in [-0.39, 0.29) is 11.9 Å². The zero-order chi connectivity index (χ0) is 18.2. The molecular formula is C21H27NO3. The Balaban J connectivity index is 1.87. The van der Waals surface area contributed by atoms with Crippen molar-refractivity contribution in [3.8, 4) is 11.5 Å². The monoisotopic (exact) mass is 341 g/mol. The van der Waals surface area contributed by atoms with Crippen molar-refractivity contribution >= 4 is 5.91 Å². The second-order valence-corrected chi connectivity index (χ2v) is 6.32. The zero-order valence-corrected chi connectivity index (χ0v) is 15.4. The fourth-order valence-electron chi connectivity index (χ4n) is 2.49. The number of aryl methyl sites for hydroxylation is 2. The average Bonchev–Trinajstić information content (AvgIpc) is 2.59. The van der Waals surface area contributed by atoms with Crippen LogP contribution in [0.1, 0.15) is 31.4 Å². The highest BCUT2D eigenvalue weighted by Crippen LogP contribution is 2.17. The van der Waals surface area contributed by atoms with Crippen molar-refractivity contribution in [3.05, 3.63) is 59.7 Å². The van der Waals surface area contributed by atoms with Gasteiger partial charge in [-0.1, -0.05) is 37.3 Å². The van der Waals surface area contributed by atoms with Crippen LogP contribution in [0, 0.1) is 13.8 Å². The SMILES string of the molecule is CC[C@@H](Oc1cccc(C)c1)C(=O)N[C@H](C)COc1ccccc1C. The molecule has 0 bridgehead atoms. The van der Waals surface area contributed by atoms with Crippen LogP contribution < -0.4 is 14.8 Å². The molecule has 0 fully saturated rings. The molecule has 0 aliphatic carbocycles. The number of carbonyl (C=O) groups is 1. The Morgan fingerprint density at radius 1 is 1.12 bits per heavy atom. The van der Waals surface area contributed by atoms with Gasteiger partial charge in [-0.3, -0.25) is 4.79 Å². The molecule has 0 aliphatic rings. The normalized spacial score (nSPS) is 13.0. The highest BCUT2D eigenvalue weighted by atomic mass is 16.5. The van der Waals surface area contributed by atoms with Gasteiger partial charge in [0.05, 0.1) is 6.04 Å². The minimum absolute atomic E-state index is 0.109. The van der Waals surface area contributed by atoms with Gasteiger partial charge in [-0.2, -0.15) is 0 Å². The van der Waals surface area contributed by atoms with Crippen LogP contribution in [-0.2, 0) is 4.79 Å². The van der Waals surface area contributed by atoms with Crippen LogP contribution in [0.4, 0.5) is 0 Å². The molecule has 4 nitrogen and oxygen atoms in total. The van der Waals surface area contributed by atoms with E-state index >= 15 is 0 Å². The predicted molar refractivity (Wildman–Crippen MR) is 100 cm³/mol. The Bertz CT molecular complexity index is 699. The molecule has 2 aromatic carbocycles. The van der Waals surface area contributed by atoms with E-state index in [2.05, 4.69) is 5.32 Å². The molecule has 25 heavy (non-hydrogen) atoms. The maximum absolute atomic E-state index is 12.5. The number of amides is 1. The summed E-state index contributed by atoms with van der Waals surface area (Å²) in [6.07, 6.45) is 0.0909. The third-order valence-corrected chi connectivity index (χ3v) is 3.90. The molecule has 2 aromatic rings. The molecule has 1 N–H and O–H groups in total. The van der Waals surface area contributed by atoms with Crippen LogP contribution in [0.5, 0.6) is 11.5 Å². The van der Waals surface area contributed by atoms with Crippen molar-refractivity contribution in [2.75, 3.05) is 6.61 Å². The lowest BCUT2D eigenvalue weighted by atomic mass is 10.2. The van der Waals surface area contributed by atoms with Gasteiger partial charge in [0.1, 0.15) is 18.1 Å². The second kappa shape index (κ2) is 9.11. The van der Waals surface area contributed by atoms with E-state index in [0.717, 1.165) is 16.9 Å². The van der Waals surface area contributed by atoms with E-state index in [0.29, 0.717) is 18.8 Å². The molecule has 0 radical (unpaired) electrons. The van der Waals surface area contributed by atoms with Crippen LogP contribution in [0.15, 0.2) is 48.5 Å². The Kier molecular flexibility index (Phi) is 6.87. The van der Waals surface area contributed by atoms with Gasteiger partial charge in [-0.25, -0.2) is 0 Å². The lowest BCUT2D eigenvalue weighted by Crippen LogP contribution is -2.44. The van der Waals surface area contributed by atoms with Gasteiger partial charge >= 0.3 is 0 Å². The largest absolute Gasteiger partial charge is 0.491 e. The summed E-state index contributed by atoms with van der Waals surface area (Å²) in [7, 11) is 0. The van der Waals surface area contributed by atoms with E-state index < -0.39 is 6.10 Å². The first-order chi connectivity index (χ1) is 12.0. The van der Waals surface area contributed by atoms with Gasteiger partial charge in [0.25, 0.3) is 5.91 Å². The molecule has 0 aliphatic heterocycles. The molecule has 0 spiro atoms. The summed E-state index contributed by atoms with van der Waals surface area (Å²) in [4.78, 5) is 12.5. The first kappa shape index (κ1) is 18.8. The second-order valence-electron chi connectivity index (χ2n) is 6.32. The van der Waals surface area contributed by atoms with Crippen LogP contribution in [0.3, 0.4) is 0 Å². The Labute approximate surface area is 150 Å². The Morgan fingerprint density at radius 2 is 1.88 bits per heavy atom. The Morgan fingerprint density at radius 3 is 2.56 bits per heavy atom. The van der Waals surface area contributed by atoms with Gasteiger partial charge in [0.2, 0.25) is 0 Å². The molecule has 4 heteroatoms. The van der Waals surface area contributed by atoms with Gasteiger partial charge < -0.3 is 14.8 Å². The molecule has 2 atom stereocenters. The summed E-state index contributed by atoms with van der Waals surface area (Å²) in [6.45, 7) is 8.28. The fraction of sp³-hybridized carbons (Fsp3) is 0.381. The minimum Gasteiger partial charge on any atom is -0.491 e. The van der Waals surface area contributed by atoms with Crippen LogP contribution in [0.2, 0.25) is 0 Å². The highest BCUT2D eigenvalue weighted by Gasteiger charge is 2.20. The van der Waals surface area contributed by atoms with Gasteiger partial charge in [0, 0.05) is 0 Å². The van der Waals surface area contributed by atoms with Gasteiger partial charge in [-0.15, -0.1) is 0 Å². The van der Waals surface area contributed by atoms with E-state index in [9.17, 15) is 4.79 Å². The highest BCUT2D eigenvalue weighted by molar-refractivity contribution is 5.81. The number of nitrogens with one attached hydrogen (secondary N) is 1. The van der Waals surface area contributed by atoms with Crippen molar-refractivity contribution in [1.82, 2.24) is 5.32 Å². The lowest BCUT2D eigenvalue weighted by Gasteiger charge is -2.21. The summed E-state index contributed by atoms with van der Waals surface area (Å²) in [5.41, 5.74) is 2.18. The third-order valence-electron chi connectivity index (χ3n) is 3.90. The van der Waals surface area contributed by atoms with Gasteiger partial charge in [0.15, 0.2) is 6.10 Å². The summed E-state index contributed by atoms with van der Waals surface area (Å²) in [6, 6.07) is 15.5. The summed E-state index contributed by atoms with van der Waals surface area (Å²) >= 11 is 0. The number of hydrogen-bond donors (Lipinski definition) is 1. The van der Waals surface area contributed by atoms with E-state index in [4.69, 9.17) is 9.47 Å². The summed E-state index contributed by atoms with van der Waals surface area (Å²) in [5, 5.41) is 2.97. The standard InChI is InChI=1S/C21H27NO3/c1-5-19(25-18-11-8-9-15(2)13-18)21(23)22-17(4)14-24-20-12-7-6-10-16(20)3/h6-13,17,19H,5,14H2,1-4H3,(H,22,23)/t17-,19-/m1/s1. The number of ether oxygens (including phenoxy) is 2. The summed E-state index contributed by atoms with van der Waals surface area (Å²) in [5.74, 6) is 1.43. The van der Waals surface area contributed by atoms with Crippen LogP contribution in [-0.4, -0.2) is 24.7 Å². The van der Waals surface area contributed by atoms with Crippen molar-refractivity contribution in [2.24, 2.45) is 0 Å². The third kappa shape index (κ3) is 5.82. The molecule has 0 heterocycles. The van der Waals surface area contributed by atoms with Gasteiger partial charge in [-0.05, 0) is 56.5 Å². The molecular weight excluding hydrogens is 314 g/mol. The minimum atomic E-state index is -0.511. The van der Waals surface area contributed by atoms with Crippen LogP contribution in [0.25, 0.3) is 0 Å². The lowest BCUT2D eigenvalue weighted by molar-refractivity contribution is -0.128. The number of hydrogen-bond acceptors (Lipinski definition) is 3. The van der Waals surface area contributed by atoms with Crippen LogP contribution >= 0.6 is 0 Å². The fourth-order valence-corrected chi connectivity index (χ4v) is 2.49. The topological polar surface area (TPSA) is 47.6 Å². The molecule has 0 saturated carbocycles. The van der Waals surface area contributed by atoms with Crippen molar-refractivity contribution < 1.29 is 14.3 Å². The quantitative estimate of drug-likeness (QED) is 0.788.